The summed E-state index contributed by atoms with van der Waals surface area (Å²) in [5.74, 6) is -0.137. The summed E-state index contributed by atoms with van der Waals surface area (Å²) in [7, 11) is 0. The quantitative estimate of drug-likeness (QED) is 0.568. The van der Waals surface area contributed by atoms with Gasteiger partial charge in [-0.2, -0.15) is 0 Å². The molecule has 1 amide bonds. The van der Waals surface area contributed by atoms with E-state index >= 15 is 0 Å². The monoisotopic (exact) mass is 420 g/mol. The number of benzene rings is 2. The highest BCUT2D eigenvalue weighted by atomic mass is 35.5. The van der Waals surface area contributed by atoms with Crippen LogP contribution in [0.1, 0.15) is 18.1 Å². The van der Waals surface area contributed by atoms with E-state index in [9.17, 15) is 4.79 Å². The van der Waals surface area contributed by atoms with Gasteiger partial charge in [-0.1, -0.05) is 47.1 Å². The lowest BCUT2D eigenvalue weighted by Gasteiger charge is -2.14. The third-order valence-corrected chi connectivity index (χ3v) is 5.76. The second-order valence-electron chi connectivity index (χ2n) is 6.13. The van der Waals surface area contributed by atoms with E-state index in [4.69, 9.17) is 23.2 Å². The first-order valence-electron chi connectivity index (χ1n) is 8.25. The first-order valence-corrected chi connectivity index (χ1v) is 9.89. The van der Waals surface area contributed by atoms with Crippen LogP contribution < -0.4 is 5.32 Å². The molecule has 3 aromatic rings. The van der Waals surface area contributed by atoms with Gasteiger partial charge in [0.2, 0.25) is 5.91 Å². The van der Waals surface area contributed by atoms with E-state index in [2.05, 4.69) is 15.5 Å². The number of aryl methyl sites for hydroxylation is 2. The van der Waals surface area contributed by atoms with Crippen LogP contribution in [-0.2, 0) is 4.79 Å². The minimum atomic E-state index is -0.382. The molecule has 1 atom stereocenters. The Labute approximate surface area is 172 Å². The molecule has 0 bridgehead atoms. The molecule has 1 aromatic heterocycles. The van der Waals surface area contributed by atoms with E-state index in [-0.39, 0.29) is 11.2 Å². The lowest BCUT2D eigenvalue weighted by Crippen LogP contribution is -2.23. The Kier molecular flexibility index (Phi) is 6.09. The van der Waals surface area contributed by atoms with Gasteiger partial charge < -0.3 is 5.32 Å². The van der Waals surface area contributed by atoms with Gasteiger partial charge in [0.15, 0.2) is 5.16 Å². The standard InChI is InChI=1S/C19H18Cl2N4OS/c1-11-5-7-15(9-16(11)21)25-10-22-24-19(25)27-13(3)18(26)23-17-8-14(20)6-4-12(17)2/h4-10,13H,1-3H3,(H,23,26). The minimum absolute atomic E-state index is 0.137. The van der Waals surface area contributed by atoms with E-state index in [0.717, 1.165) is 16.8 Å². The van der Waals surface area contributed by atoms with Gasteiger partial charge in [-0.15, -0.1) is 10.2 Å². The van der Waals surface area contributed by atoms with E-state index in [0.29, 0.717) is 20.9 Å². The smallest absolute Gasteiger partial charge is 0.237 e. The van der Waals surface area contributed by atoms with Crippen molar-refractivity contribution in [1.82, 2.24) is 14.8 Å². The number of thioether (sulfide) groups is 1. The summed E-state index contributed by atoms with van der Waals surface area (Å²) in [6.45, 7) is 5.68. The SMILES string of the molecule is Cc1ccc(-n2cnnc2SC(C)C(=O)Nc2cc(Cl)ccc2C)cc1Cl. The fraction of sp³-hybridized carbons (Fsp3) is 0.211. The topological polar surface area (TPSA) is 59.8 Å². The largest absolute Gasteiger partial charge is 0.325 e. The summed E-state index contributed by atoms with van der Waals surface area (Å²) in [6, 6.07) is 11.1. The van der Waals surface area contributed by atoms with Gasteiger partial charge in [-0.05, 0) is 56.2 Å². The van der Waals surface area contributed by atoms with Gasteiger partial charge in [0.05, 0.1) is 10.9 Å². The Bertz CT molecular complexity index is 990. The molecule has 1 heterocycles. The van der Waals surface area contributed by atoms with Crippen LogP contribution in [0.5, 0.6) is 0 Å². The lowest BCUT2D eigenvalue weighted by atomic mass is 10.2. The van der Waals surface area contributed by atoms with Gasteiger partial charge in [-0.3, -0.25) is 9.36 Å². The van der Waals surface area contributed by atoms with Crippen molar-refractivity contribution >= 4 is 46.6 Å². The second-order valence-corrected chi connectivity index (χ2v) is 8.28. The van der Waals surface area contributed by atoms with Crippen molar-refractivity contribution in [1.29, 1.82) is 0 Å². The Morgan fingerprint density at radius 3 is 2.63 bits per heavy atom. The zero-order chi connectivity index (χ0) is 19.6. The average molecular weight is 421 g/mol. The third-order valence-electron chi connectivity index (χ3n) is 4.06. The summed E-state index contributed by atoms with van der Waals surface area (Å²) in [5, 5.41) is 12.5. The second kappa shape index (κ2) is 8.33. The van der Waals surface area contributed by atoms with Crippen LogP contribution in [-0.4, -0.2) is 25.9 Å². The fourth-order valence-electron chi connectivity index (χ4n) is 2.39. The summed E-state index contributed by atoms with van der Waals surface area (Å²) in [4.78, 5) is 12.6. The molecule has 2 aromatic carbocycles. The molecule has 0 spiro atoms. The number of nitrogens with one attached hydrogen (secondary N) is 1. The average Bonchev–Trinajstić information content (AvgIpc) is 3.08. The maximum absolute atomic E-state index is 12.6. The Morgan fingerprint density at radius 2 is 1.89 bits per heavy atom. The molecule has 27 heavy (non-hydrogen) atoms. The van der Waals surface area contributed by atoms with Crippen molar-refractivity contribution in [3.8, 4) is 5.69 Å². The highest BCUT2D eigenvalue weighted by Crippen LogP contribution is 2.27. The van der Waals surface area contributed by atoms with Crippen molar-refractivity contribution < 1.29 is 4.79 Å². The summed E-state index contributed by atoms with van der Waals surface area (Å²) < 4.78 is 1.81. The maximum atomic E-state index is 12.6. The molecule has 0 aliphatic carbocycles. The Hall–Kier alpha value is -2.02. The van der Waals surface area contributed by atoms with Crippen LogP contribution in [0.2, 0.25) is 10.0 Å². The maximum Gasteiger partial charge on any atom is 0.237 e. The van der Waals surface area contributed by atoms with Crippen LogP contribution in [0.3, 0.4) is 0 Å². The molecule has 0 radical (unpaired) electrons. The molecule has 3 rings (SSSR count). The third kappa shape index (κ3) is 4.64. The van der Waals surface area contributed by atoms with E-state index < -0.39 is 0 Å². The lowest BCUT2D eigenvalue weighted by molar-refractivity contribution is -0.115. The molecule has 1 N–H and O–H groups in total. The number of aromatic nitrogens is 3. The first kappa shape index (κ1) is 19.7. The molecule has 140 valence electrons. The number of halogens is 2. The van der Waals surface area contributed by atoms with E-state index in [1.165, 1.54) is 11.8 Å². The van der Waals surface area contributed by atoms with Crippen molar-refractivity contribution in [3.63, 3.8) is 0 Å². The summed E-state index contributed by atoms with van der Waals surface area (Å²) >= 11 is 13.6. The van der Waals surface area contributed by atoms with Crippen molar-refractivity contribution in [2.45, 2.75) is 31.2 Å². The van der Waals surface area contributed by atoms with Gasteiger partial charge in [0, 0.05) is 15.7 Å². The zero-order valence-corrected chi connectivity index (χ0v) is 17.4. The molecule has 1 unspecified atom stereocenters. The highest BCUT2D eigenvalue weighted by Gasteiger charge is 2.19. The number of carbonyl (C=O) groups excluding carboxylic acids is 1. The van der Waals surface area contributed by atoms with Crippen molar-refractivity contribution in [3.05, 3.63) is 63.9 Å². The Balaban J connectivity index is 1.75. The molecule has 8 heteroatoms. The number of nitrogens with zero attached hydrogens (tertiary/aromatic N) is 3. The molecule has 0 saturated heterocycles. The van der Waals surface area contributed by atoms with Crippen LogP contribution in [0, 0.1) is 13.8 Å². The number of anilines is 1. The number of rotatable bonds is 5. The van der Waals surface area contributed by atoms with Crippen LogP contribution >= 0.6 is 35.0 Å². The highest BCUT2D eigenvalue weighted by molar-refractivity contribution is 8.00. The number of hydrogen-bond donors (Lipinski definition) is 1. The van der Waals surface area contributed by atoms with Crippen LogP contribution in [0.4, 0.5) is 5.69 Å². The van der Waals surface area contributed by atoms with Crippen LogP contribution in [0.25, 0.3) is 5.69 Å². The summed E-state index contributed by atoms with van der Waals surface area (Å²) in [5.41, 5.74) is 3.48. The van der Waals surface area contributed by atoms with Crippen molar-refractivity contribution in [2.24, 2.45) is 0 Å². The van der Waals surface area contributed by atoms with Gasteiger partial charge in [-0.25, -0.2) is 0 Å². The number of hydrogen-bond acceptors (Lipinski definition) is 4. The predicted molar refractivity (Wildman–Crippen MR) is 111 cm³/mol. The van der Waals surface area contributed by atoms with Gasteiger partial charge >= 0.3 is 0 Å². The van der Waals surface area contributed by atoms with Crippen LogP contribution in [0.15, 0.2) is 47.9 Å². The molecule has 0 aliphatic heterocycles. The van der Waals surface area contributed by atoms with Gasteiger partial charge in [0.1, 0.15) is 6.33 Å². The molecule has 0 fully saturated rings. The molecular weight excluding hydrogens is 403 g/mol. The molecular formula is C19H18Cl2N4OS. The minimum Gasteiger partial charge on any atom is -0.325 e. The fourth-order valence-corrected chi connectivity index (χ4v) is 3.58. The summed E-state index contributed by atoms with van der Waals surface area (Å²) in [6.07, 6.45) is 1.61. The number of amides is 1. The Morgan fingerprint density at radius 1 is 1.15 bits per heavy atom. The number of carbonyl (C=O) groups is 1. The van der Waals surface area contributed by atoms with E-state index in [1.807, 2.05) is 49.6 Å². The first-order chi connectivity index (χ1) is 12.8. The van der Waals surface area contributed by atoms with Crippen molar-refractivity contribution in [2.75, 3.05) is 5.32 Å². The molecule has 5 nitrogen and oxygen atoms in total. The normalized spacial score (nSPS) is 12.0. The molecule has 0 saturated carbocycles. The molecule has 0 aliphatic rings. The zero-order valence-electron chi connectivity index (χ0n) is 15.0. The van der Waals surface area contributed by atoms with Gasteiger partial charge in [0.25, 0.3) is 0 Å². The van der Waals surface area contributed by atoms with E-state index in [1.54, 1.807) is 18.5 Å². The predicted octanol–water partition coefficient (Wildman–Crippen LogP) is 5.31.